The maximum Gasteiger partial charge on any atom is 0.329 e. The normalized spacial score (nSPS) is 10.6. The first-order valence-corrected chi connectivity index (χ1v) is 7.97. The van der Waals surface area contributed by atoms with Crippen LogP contribution in [0.4, 0.5) is 0 Å². The van der Waals surface area contributed by atoms with Gasteiger partial charge in [0.1, 0.15) is 5.75 Å². The second kappa shape index (κ2) is 8.47. The Hall–Kier alpha value is -2.38. The van der Waals surface area contributed by atoms with Crippen molar-refractivity contribution in [3.05, 3.63) is 63.1 Å². The second-order valence-electron chi connectivity index (χ2n) is 4.72. The van der Waals surface area contributed by atoms with Crippen molar-refractivity contribution in [2.75, 3.05) is 0 Å². The number of hydrazone groups is 1. The lowest BCUT2D eigenvalue weighted by Crippen LogP contribution is -2.37. The fraction of sp³-hybridized carbons (Fsp3) is 0.0625. The number of nitrogens with one attached hydrogen (secondary N) is 2. The van der Waals surface area contributed by atoms with Gasteiger partial charge in [0.25, 0.3) is 0 Å². The van der Waals surface area contributed by atoms with E-state index in [-0.39, 0.29) is 12.3 Å². The topological polar surface area (TPSA) is 90.8 Å². The van der Waals surface area contributed by atoms with Crippen LogP contribution in [0.1, 0.15) is 11.1 Å². The Kier molecular flexibility index (Phi) is 6.34. The van der Waals surface area contributed by atoms with Gasteiger partial charge in [-0.25, -0.2) is 5.43 Å². The van der Waals surface area contributed by atoms with Crippen LogP contribution in [0.25, 0.3) is 0 Å². The number of halogens is 2. The number of rotatable bonds is 4. The fourth-order valence-electron chi connectivity index (χ4n) is 1.68. The maximum absolute atomic E-state index is 11.7. The molecule has 0 radical (unpaired) electrons. The van der Waals surface area contributed by atoms with E-state index in [1.807, 2.05) is 0 Å². The SMILES string of the molecule is O=C(NCc1ccc(Cl)cc1)C(=O)N/N=C/c1ccc(O)c(Br)c1. The number of hydrogen-bond donors (Lipinski definition) is 3. The van der Waals surface area contributed by atoms with E-state index in [1.54, 1.807) is 36.4 Å². The second-order valence-corrected chi connectivity index (χ2v) is 6.01. The number of carbonyl (C=O) groups is 2. The predicted molar refractivity (Wildman–Crippen MR) is 94.8 cm³/mol. The van der Waals surface area contributed by atoms with E-state index >= 15 is 0 Å². The van der Waals surface area contributed by atoms with Crippen LogP contribution in [0.3, 0.4) is 0 Å². The lowest BCUT2D eigenvalue weighted by molar-refractivity contribution is -0.139. The highest BCUT2D eigenvalue weighted by molar-refractivity contribution is 9.10. The standard InChI is InChI=1S/C16H13BrClN3O3/c17-13-7-11(3-6-14(13)22)9-20-21-16(24)15(23)19-8-10-1-4-12(18)5-2-10/h1-7,9,22H,8H2,(H,19,23)(H,21,24)/b20-9+. The quantitative estimate of drug-likeness (QED) is 0.411. The molecule has 0 saturated carbocycles. The lowest BCUT2D eigenvalue weighted by atomic mass is 10.2. The number of nitrogens with zero attached hydrogens (tertiary/aromatic N) is 1. The fourth-order valence-corrected chi connectivity index (χ4v) is 2.21. The summed E-state index contributed by atoms with van der Waals surface area (Å²) in [7, 11) is 0. The summed E-state index contributed by atoms with van der Waals surface area (Å²) in [5, 5.41) is 16.1. The van der Waals surface area contributed by atoms with Gasteiger partial charge < -0.3 is 10.4 Å². The first-order valence-electron chi connectivity index (χ1n) is 6.80. The number of amides is 2. The summed E-state index contributed by atoms with van der Waals surface area (Å²) in [6.45, 7) is 0.206. The van der Waals surface area contributed by atoms with E-state index in [0.29, 0.717) is 15.1 Å². The molecule has 124 valence electrons. The molecule has 0 aliphatic carbocycles. The molecule has 0 fully saturated rings. The van der Waals surface area contributed by atoms with E-state index in [2.05, 4.69) is 31.8 Å². The zero-order valence-corrected chi connectivity index (χ0v) is 14.6. The van der Waals surface area contributed by atoms with Gasteiger partial charge in [0.2, 0.25) is 0 Å². The molecule has 0 unspecified atom stereocenters. The lowest BCUT2D eigenvalue weighted by Gasteiger charge is -2.04. The minimum Gasteiger partial charge on any atom is -0.507 e. The van der Waals surface area contributed by atoms with Crippen LogP contribution in [0.15, 0.2) is 52.0 Å². The molecule has 0 aliphatic heterocycles. The smallest absolute Gasteiger partial charge is 0.329 e. The van der Waals surface area contributed by atoms with Crippen LogP contribution in [0, 0.1) is 0 Å². The third kappa shape index (κ3) is 5.36. The summed E-state index contributed by atoms with van der Waals surface area (Å²) in [6, 6.07) is 11.6. The average molecular weight is 411 g/mol. The molecule has 2 aromatic rings. The molecule has 0 bridgehead atoms. The Bertz CT molecular complexity index is 779. The maximum atomic E-state index is 11.7. The predicted octanol–water partition coefficient (Wildman–Crippen LogP) is 2.57. The van der Waals surface area contributed by atoms with Crippen molar-refractivity contribution in [2.24, 2.45) is 5.10 Å². The first-order chi connectivity index (χ1) is 11.5. The summed E-state index contributed by atoms with van der Waals surface area (Å²) in [6.07, 6.45) is 1.36. The number of phenols is 1. The molecule has 0 aromatic heterocycles. The molecule has 6 nitrogen and oxygen atoms in total. The Morgan fingerprint density at radius 3 is 2.54 bits per heavy atom. The summed E-state index contributed by atoms with van der Waals surface area (Å²) in [5.74, 6) is -1.58. The van der Waals surface area contributed by atoms with Crippen molar-refractivity contribution in [3.63, 3.8) is 0 Å². The molecule has 3 N–H and O–H groups in total. The third-order valence-corrected chi connectivity index (χ3v) is 3.81. The van der Waals surface area contributed by atoms with Crippen molar-refractivity contribution in [1.29, 1.82) is 0 Å². The van der Waals surface area contributed by atoms with Crippen molar-refractivity contribution >= 4 is 45.6 Å². The van der Waals surface area contributed by atoms with Gasteiger partial charge in [-0.2, -0.15) is 5.10 Å². The van der Waals surface area contributed by atoms with E-state index in [1.165, 1.54) is 12.3 Å². The zero-order valence-electron chi connectivity index (χ0n) is 12.3. The van der Waals surface area contributed by atoms with Crippen LogP contribution in [0.5, 0.6) is 5.75 Å². The van der Waals surface area contributed by atoms with Crippen LogP contribution in [-0.4, -0.2) is 23.1 Å². The van der Waals surface area contributed by atoms with Crippen LogP contribution in [0.2, 0.25) is 5.02 Å². The number of carbonyl (C=O) groups excluding carboxylic acids is 2. The molecule has 2 rings (SSSR count). The van der Waals surface area contributed by atoms with Gasteiger partial charge in [-0.3, -0.25) is 9.59 Å². The molecular weight excluding hydrogens is 398 g/mol. The molecular formula is C16H13BrClN3O3. The van der Waals surface area contributed by atoms with Crippen LogP contribution in [-0.2, 0) is 16.1 Å². The molecule has 2 aromatic carbocycles. The van der Waals surface area contributed by atoms with Gasteiger partial charge in [-0.1, -0.05) is 23.7 Å². The number of hydrogen-bond acceptors (Lipinski definition) is 4. The van der Waals surface area contributed by atoms with E-state index < -0.39 is 11.8 Å². The van der Waals surface area contributed by atoms with Crippen molar-refractivity contribution in [3.8, 4) is 5.75 Å². The number of benzene rings is 2. The minimum absolute atomic E-state index is 0.0952. The van der Waals surface area contributed by atoms with Gasteiger partial charge in [0.15, 0.2) is 0 Å². The molecule has 0 saturated heterocycles. The molecule has 2 amide bonds. The summed E-state index contributed by atoms with van der Waals surface area (Å²) in [5.41, 5.74) is 3.59. The zero-order chi connectivity index (χ0) is 17.5. The van der Waals surface area contributed by atoms with Gasteiger partial charge in [-0.15, -0.1) is 0 Å². The molecule has 8 heteroatoms. The van der Waals surface area contributed by atoms with E-state index in [0.717, 1.165) is 5.56 Å². The molecule has 0 atom stereocenters. The van der Waals surface area contributed by atoms with Crippen molar-refractivity contribution < 1.29 is 14.7 Å². The van der Waals surface area contributed by atoms with Gasteiger partial charge in [0, 0.05) is 11.6 Å². The number of phenolic OH excluding ortho intramolecular Hbond substituents is 1. The third-order valence-electron chi connectivity index (χ3n) is 2.92. The monoisotopic (exact) mass is 409 g/mol. The average Bonchev–Trinajstić information content (AvgIpc) is 2.57. The summed E-state index contributed by atoms with van der Waals surface area (Å²) < 4.78 is 0.499. The Morgan fingerprint density at radius 2 is 1.88 bits per heavy atom. The largest absolute Gasteiger partial charge is 0.507 e. The summed E-state index contributed by atoms with van der Waals surface area (Å²) in [4.78, 5) is 23.3. The van der Waals surface area contributed by atoms with E-state index in [9.17, 15) is 14.7 Å². The molecule has 0 spiro atoms. The Morgan fingerprint density at radius 1 is 1.17 bits per heavy atom. The Labute approximate surface area is 151 Å². The molecule has 0 heterocycles. The molecule has 24 heavy (non-hydrogen) atoms. The highest BCUT2D eigenvalue weighted by atomic mass is 79.9. The van der Waals surface area contributed by atoms with E-state index in [4.69, 9.17) is 11.6 Å². The highest BCUT2D eigenvalue weighted by Crippen LogP contribution is 2.23. The van der Waals surface area contributed by atoms with Gasteiger partial charge in [-0.05, 0) is 57.4 Å². The van der Waals surface area contributed by atoms with Crippen molar-refractivity contribution in [1.82, 2.24) is 10.7 Å². The van der Waals surface area contributed by atoms with Crippen LogP contribution < -0.4 is 10.7 Å². The van der Waals surface area contributed by atoms with Crippen molar-refractivity contribution in [2.45, 2.75) is 6.54 Å². The Balaban J connectivity index is 1.82. The summed E-state index contributed by atoms with van der Waals surface area (Å²) >= 11 is 8.93. The van der Waals surface area contributed by atoms with Gasteiger partial charge >= 0.3 is 11.8 Å². The van der Waals surface area contributed by atoms with Crippen LogP contribution >= 0.6 is 27.5 Å². The highest BCUT2D eigenvalue weighted by Gasteiger charge is 2.11. The minimum atomic E-state index is -0.877. The molecule has 0 aliphatic rings. The van der Waals surface area contributed by atoms with Gasteiger partial charge in [0.05, 0.1) is 10.7 Å². The number of aromatic hydroxyl groups is 1. The first kappa shape index (κ1) is 18.0.